The molecule has 1 radical (unpaired) electrons. The van der Waals surface area contributed by atoms with E-state index in [1.807, 2.05) is 13.8 Å². The Balaban J connectivity index is 3.71. The maximum atomic E-state index is 10.8. The van der Waals surface area contributed by atoms with E-state index >= 15 is 0 Å². The Hall–Kier alpha value is -0.0400. The van der Waals surface area contributed by atoms with Crippen molar-refractivity contribution < 1.29 is 5.11 Å². The van der Waals surface area contributed by atoms with Crippen molar-refractivity contribution in [1.82, 2.24) is 0 Å². The van der Waals surface area contributed by atoms with E-state index in [0.717, 1.165) is 6.42 Å². The molecule has 0 saturated heterocycles. The molecule has 0 heterocycles. The molecule has 8 heavy (non-hydrogen) atoms. The molecule has 1 atom stereocenters. The van der Waals surface area contributed by atoms with Crippen LogP contribution in [0.5, 0.6) is 0 Å². The summed E-state index contributed by atoms with van der Waals surface area (Å²) in [5.74, 6) is 0. The highest BCUT2D eigenvalue weighted by atomic mass is 16.3. The lowest BCUT2D eigenvalue weighted by atomic mass is 9.85. The van der Waals surface area contributed by atoms with Crippen LogP contribution in [-0.2, 0) is 5.11 Å². The van der Waals surface area contributed by atoms with E-state index in [-0.39, 0.29) is 5.41 Å². The molecule has 1 heteroatoms. The SMILES string of the molecule is CCC(C)(C)C(C)[O]. The second-order valence-corrected chi connectivity index (χ2v) is 2.98. The zero-order valence-electron chi connectivity index (χ0n) is 6.19. The van der Waals surface area contributed by atoms with Gasteiger partial charge in [0.25, 0.3) is 0 Å². The van der Waals surface area contributed by atoms with Gasteiger partial charge in [-0.1, -0.05) is 20.8 Å². The van der Waals surface area contributed by atoms with Crippen molar-refractivity contribution in [3.63, 3.8) is 0 Å². The molecule has 0 saturated carbocycles. The highest BCUT2D eigenvalue weighted by Crippen LogP contribution is 2.24. The molecule has 49 valence electrons. The van der Waals surface area contributed by atoms with Crippen LogP contribution >= 0.6 is 0 Å². The molecular formula is C7H15O. The van der Waals surface area contributed by atoms with E-state index in [0.29, 0.717) is 0 Å². The Morgan fingerprint density at radius 3 is 1.88 bits per heavy atom. The van der Waals surface area contributed by atoms with Gasteiger partial charge < -0.3 is 0 Å². The van der Waals surface area contributed by atoms with Crippen molar-refractivity contribution in [2.75, 3.05) is 0 Å². The monoisotopic (exact) mass is 115 g/mol. The van der Waals surface area contributed by atoms with Crippen molar-refractivity contribution >= 4 is 0 Å². The van der Waals surface area contributed by atoms with E-state index in [9.17, 15) is 5.11 Å². The van der Waals surface area contributed by atoms with Crippen LogP contribution in [0.1, 0.15) is 34.1 Å². The first kappa shape index (κ1) is 7.96. The molecule has 0 aliphatic heterocycles. The van der Waals surface area contributed by atoms with Crippen LogP contribution in [0.4, 0.5) is 0 Å². The molecule has 0 aromatic rings. The first-order valence-corrected chi connectivity index (χ1v) is 3.16. The van der Waals surface area contributed by atoms with E-state index in [1.165, 1.54) is 0 Å². The predicted molar refractivity (Wildman–Crippen MR) is 34.2 cm³/mol. The van der Waals surface area contributed by atoms with Crippen molar-refractivity contribution in [1.29, 1.82) is 0 Å². The van der Waals surface area contributed by atoms with Gasteiger partial charge in [-0.2, -0.15) is 0 Å². The van der Waals surface area contributed by atoms with Crippen LogP contribution in [0.15, 0.2) is 0 Å². The minimum absolute atomic E-state index is 0.0139. The van der Waals surface area contributed by atoms with Crippen molar-refractivity contribution in [2.24, 2.45) is 5.41 Å². The lowest BCUT2D eigenvalue weighted by Gasteiger charge is -2.23. The summed E-state index contributed by atoms with van der Waals surface area (Å²) in [5.41, 5.74) is -0.0139. The highest BCUT2D eigenvalue weighted by Gasteiger charge is 2.22. The molecule has 0 bridgehead atoms. The lowest BCUT2D eigenvalue weighted by molar-refractivity contribution is 0.00342. The summed E-state index contributed by atoms with van der Waals surface area (Å²) in [6, 6.07) is 0. The summed E-state index contributed by atoms with van der Waals surface area (Å²) in [6.07, 6.45) is 0.532. The summed E-state index contributed by atoms with van der Waals surface area (Å²) >= 11 is 0. The molecule has 1 unspecified atom stereocenters. The Labute approximate surface area is 51.7 Å². The van der Waals surface area contributed by atoms with Gasteiger partial charge in [0.05, 0.1) is 6.10 Å². The highest BCUT2D eigenvalue weighted by molar-refractivity contribution is 4.71. The van der Waals surface area contributed by atoms with Crippen LogP contribution in [-0.4, -0.2) is 6.10 Å². The zero-order valence-corrected chi connectivity index (χ0v) is 6.19. The first-order chi connectivity index (χ1) is 3.50. The van der Waals surface area contributed by atoms with Crippen LogP contribution < -0.4 is 0 Å². The van der Waals surface area contributed by atoms with Gasteiger partial charge in [-0.15, -0.1) is 0 Å². The van der Waals surface area contributed by atoms with Gasteiger partial charge in [0.15, 0.2) is 0 Å². The van der Waals surface area contributed by atoms with Crippen molar-refractivity contribution in [3.05, 3.63) is 0 Å². The smallest absolute Gasteiger partial charge is 0.0952 e. The minimum Gasteiger partial charge on any atom is -0.233 e. The van der Waals surface area contributed by atoms with Crippen LogP contribution in [0.3, 0.4) is 0 Å². The molecule has 0 fully saturated rings. The summed E-state index contributed by atoms with van der Waals surface area (Å²) < 4.78 is 0. The second kappa shape index (κ2) is 2.49. The van der Waals surface area contributed by atoms with Crippen LogP contribution in [0, 0.1) is 5.41 Å². The standard InChI is InChI=1S/C7H15O/c1-5-7(3,4)6(2)8/h6H,5H2,1-4H3. The molecule has 0 aliphatic carbocycles. The maximum Gasteiger partial charge on any atom is 0.0952 e. The fourth-order valence-electron chi connectivity index (χ4n) is 0.287. The van der Waals surface area contributed by atoms with Crippen LogP contribution in [0.2, 0.25) is 0 Å². The van der Waals surface area contributed by atoms with Gasteiger partial charge in [0, 0.05) is 0 Å². The largest absolute Gasteiger partial charge is 0.233 e. The third-order valence-electron chi connectivity index (χ3n) is 2.01. The molecule has 0 rings (SSSR count). The Kier molecular flexibility index (Phi) is 2.48. The average molecular weight is 115 g/mol. The Morgan fingerprint density at radius 2 is 1.88 bits per heavy atom. The summed E-state index contributed by atoms with van der Waals surface area (Å²) in [6.45, 7) is 7.78. The number of hydrogen-bond donors (Lipinski definition) is 0. The topological polar surface area (TPSA) is 19.9 Å². The fourth-order valence-corrected chi connectivity index (χ4v) is 0.287. The molecule has 0 spiro atoms. The Bertz CT molecular complexity index is 64.8. The lowest BCUT2D eigenvalue weighted by Crippen LogP contribution is -2.23. The van der Waals surface area contributed by atoms with Crippen LogP contribution in [0.25, 0.3) is 0 Å². The van der Waals surface area contributed by atoms with Gasteiger partial charge >= 0.3 is 0 Å². The quantitative estimate of drug-likeness (QED) is 0.526. The Morgan fingerprint density at radius 1 is 1.50 bits per heavy atom. The summed E-state index contributed by atoms with van der Waals surface area (Å²) in [4.78, 5) is 0. The van der Waals surface area contributed by atoms with Gasteiger partial charge in [0.1, 0.15) is 0 Å². The predicted octanol–water partition coefficient (Wildman–Crippen LogP) is 2.24. The van der Waals surface area contributed by atoms with Gasteiger partial charge in [-0.25, -0.2) is 5.11 Å². The van der Waals surface area contributed by atoms with E-state index < -0.39 is 6.10 Å². The second-order valence-electron chi connectivity index (χ2n) is 2.98. The zero-order chi connectivity index (χ0) is 6.78. The molecular weight excluding hydrogens is 100 g/mol. The van der Waals surface area contributed by atoms with Gasteiger partial charge in [-0.05, 0) is 18.8 Å². The molecule has 0 amide bonds. The molecule has 0 aromatic carbocycles. The molecule has 0 N–H and O–H groups in total. The first-order valence-electron chi connectivity index (χ1n) is 3.16. The molecule has 1 nitrogen and oxygen atoms in total. The number of hydrogen-bond acceptors (Lipinski definition) is 0. The van der Waals surface area contributed by atoms with E-state index in [4.69, 9.17) is 0 Å². The molecule has 0 aromatic heterocycles. The van der Waals surface area contributed by atoms with E-state index in [1.54, 1.807) is 6.92 Å². The fraction of sp³-hybridized carbons (Fsp3) is 1.00. The van der Waals surface area contributed by atoms with Crippen molar-refractivity contribution in [2.45, 2.75) is 40.2 Å². The summed E-state index contributed by atoms with van der Waals surface area (Å²) in [5, 5.41) is 10.8. The maximum absolute atomic E-state index is 10.8. The summed E-state index contributed by atoms with van der Waals surface area (Å²) in [7, 11) is 0. The third kappa shape index (κ3) is 1.83. The number of rotatable bonds is 2. The van der Waals surface area contributed by atoms with Gasteiger partial charge in [-0.3, -0.25) is 0 Å². The normalized spacial score (nSPS) is 16.1. The third-order valence-corrected chi connectivity index (χ3v) is 2.01. The minimum atomic E-state index is -0.438. The average Bonchev–Trinajstić information content (AvgIpc) is 1.67. The van der Waals surface area contributed by atoms with Gasteiger partial charge in [0.2, 0.25) is 0 Å². The molecule has 0 aliphatic rings. The van der Waals surface area contributed by atoms with E-state index in [2.05, 4.69) is 6.92 Å². The van der Waals surface area contributed by atoms with Crippen molar-refractivity contribution in [3.8, 4) is 0 Å².